The molecule has 0 bridgehead atoms. The first-order chi connectivity index (χ1) is 14.9. The Balaban J connectivity index is 6.19. The molecular formula is C28H58O3Si3. The summed E-state index contributed by atoms with van der Waals surface area (Å²) in [6.07, 6.45) is 9.09. The summed E-state index contributed by atoms with van der Waals surface area (Å²) >= 11 is 0. The van der Waals surface area contributed by atoms with E-state index in [0.29, 0.717) is 13.0 Å². The van der Waals surface area contributed by atoms with Gasteiger partial charge in [-0.15, -0.1) is 18.9 Å². The Labute approximate surface area is 217 Å². The first kappa shape index (κ1) is 33.8. The van der Waals surface area contributed by atoms with Gasteiger partial charge in [0.05, 0.1) is 12.2 Å². The molecule has 0 saturated carbocycles. The molecule has 34 heavy (non-hydrogen) atoms. The Morgan fingerprint density at radius 1 is 0.765 bits per heavy atom. The predicted molar refractivity (Wildman–Crippen MR) is 159 cm³/mol. The van der Waals surface area contributed by atoms with Crippen molar-refractivity contribution in [3.8, 4) is 12.3 Å². The van der Waals surface area contributed by atoms with Crippen molar-refractivity contribution in [3.63, 3.8) is 0 Å². The van der Waals surface area contributed by atoms with Crippen LogP contribution < -0.4 is 0 Å². The van der Waals surface area contributed by atoms with E-state index in [1.165, 1.54) is 0 Å². The van der Waals surface area contributed by atoms with Gasteiger partial charge in [0.1, 0.15) is 0 Å². The van der Waals surface area contributed by atoms with Crippen molar-refractivity contribution in [2.75, 3.05) is 6.61 Å². The molecule has 0 aliphatic carbocycles. The highest BCUT2D eigenvalue weighted by molar-refractivity contribution is 6.75. The third-order valence-electron chi connectivity index (χ3n) is 8.66. The van der Waals surface area contributed by atoms with Gasteiger partial charge in [-0.2, -0.15) is 0 Å². The van der Waals surface area contributed by atoms with E-state index in [9.17, 15) is 0 Å². The Morgan fingerprint density at radius 3 is 1.53 bits per heavy atom. The zero-order chi connectivity index (χ0) is 27.4. The second-order valence-corrected chi connectivity index (χ2v) is 28.8. The minimum absolute atomic E-state index is 0.0818. The topological polar surface area (TPSA) is 27.7 Å². The molecule has 0 saturated heterocycles. The number of hydrogen-bond donors (Lipinski definition) is 0. The maximum absolute atomic E-state index is 6.98. The van der Waals surface area contributed by atoms with Crippen LogP contribution in [0.3, 0.4) is 0 Å². The molecule has 200 valence electrons. The minimum Gasteiger partial charge on any atom is -0.417 e. The maximum atomic E-state index is 6.98. The molecule has 0 heterocycles. The van der Waals surface area contributed by atoms with Gasteiger partial charge < -0.3 is 13.3 Å². The summed E-state index contributed by atoms with van der Waals surface area (Å²) in [5.41, 5.74) is 0. The first-order valence-electron chi connectivity index (χ1n) is 13.0. The second-order valence-electron chi connectivity index (χ2n) is 14.5. The number of terminal acetylenes is 1. The molecule has 0 fully saturated rings. The van der Waals surface area contributed by atoms with Crippen LogP contribution in [0.25, 0.3) is 0 Å². The van der Waals surface area contributed by atoms with Crippen LogP contribution in [-0.2, 0) is 13.3 Å². The summed E-state index contributed by atoms with van der Waals surface area (Å²) < 4.78 is 20.5. The van der Waals surface area contributed by atoms with E-state index in [-0.39, 0.29) is 33.2 Å². The van der Waals surface area contributed by atoms with Crippen molar-refractivity contribution >= 4 is 25.0 Å². The molecule has 0 aliphatic rings. The van der Waals surface area contributed by atoms with Crippen molar-refractivity contribution in [1.29, 1.82) is 0 Å². The monoisotopic (exact) mass is 526 g/mol. The van der Waals surface area contributed by atoms with Crippen LogP contribution >= 0.6 is 0 Å². The lowest BCUT2D eigenvalue weighted by Gasteiger charge is -2.45. The Bertz CT molecular complexity index is 686. The van der Waals surface area contributed by atoms with Crippen LogP contribution in [0.15, 0.2) is 12.7 Å². The fourth-order valence-electron chi connectivity index (χ4n) is 3.01. The van der Waals surface area contributed by atoms with E-state index in [2.05, 4.69) is 114 Å². The Kier molecular flexibility index (Phi) is 11.9. The minimum atomic E-state index is -2.03. The van der Waals surface area contributed by atoms with Gasteiger partial charge in [-0.1, -0.05) is 68.4 Å². The molecule has 0 rings (SSSR count). The van der Waals surface area contributed by atoms with Crippen molar-refractivity contribution in [2.45, 2.75) is 142 Å². The maximum Gasteiger partial charge on any atom is 0.192 e. The summed E-state index contributed by atoms with van der Waals surface area (Å²) in [7, 11) is -5.91. The van der Waals surface area contributed by atoms with E-state index in [1.807, 2.05) is 6.08 Å². The van der Waals surface area contributed by atoms with Crippen molar-refractivity contribution < 1.29 is 13.3 Å². The van der Waals surface area contributed by atoms with Gasteiger partial charge >= 0.3 is 0 Å². The third-order valence-corrected chi connectivity index (χ3v) is 22.2. The van der Waals surface area contributed by atoms with Gasteiger partial charge in [-0.25, -0.2) is 0 Å². The SMILES string of the molecule is C#CC[C@@H](O[Si](C)(C)C(C)(C)C)[C@H](CCO[Si](C)(C)C(C)(C)C)[C@@H](C=C)O[Si](C)(C)C(C)(C)C. The van der Waals surface area contributed by atoms with Gasteiger partial charge in [0.2, 0.25) is 0 Å². The van der Waals surface area contributed by atoms with Gasteiger partial charge in [-0.05, 0) is 60.8 Å². The van der Waals surface area contributed by atoms with Crippen LogP contribution in [0, 0.1) is 18.3 Å². The normalized spacial score (nSPS) is 17.1. The molecule has 0 aliphatic heterocycles. The summed E-state index contributed by atoms with van der Waals surface area (Å²) in [6.45, 7) is 39.2. The summed E-state index contributed by atoms with van der Waals surface area (Å²) in [6, 6.07) is 0. The molecule has 0 unspecified atom stereocenters. The van der Waals surface area contributed by atoms with E-state index in [1.54, 1.807) is 0 Å². The molecule has 0 aromatic heterocycles. The summed E-state index contributed by atoms with van der Waals surface area (Å²) in [4.78, 5) is 0. The number of rotatable bonds is 12. The molecule has 0 aromatic rings. The van der Waals surface area contributed by atoms with Gasteiger partial charge in [-0.3, -0.25) is 0 Å². The largest absolute Gasteiger partial charge is 0.417 e. The lowest BCUT2D eigenvalue weighted by atomic mass is 9.91. The standard InChI is InChI=1S/C28H58O3Si3/c1-18-20-25(31-34(16,17)28(9,10)11)23(21-22-29-32(12,13)26(3,4)5)24(19-2)30-33(14,15)27(6,7)8/h1,19,23-25H,2,20-22H2,3-17H3/t23-,24-,25-/m1/s1. The molecule has 0 aromatic carbocycles. The molecular weight excluding hydrogens is 469 g/mol. The van der Waals surface area contributed by atoms with Crippen LogP contribution in [0.4, 0.5) is 0 Å². The van der Waals surface area contributed by atoms with Gasteiger partial charge in [0, 0.05) is 18.9 Å². The molecule has 0 spiro atoms. The fourth-order valence-corrected chi connectivity index (χ4v) is 6.74. The molecule has 0 radical (unpaired) electrons. The molecule has 0 N–H and O–H groups in total. The fraction of sp³-hybridized carbons (Fsp3) is 0.857. The van der Waals surface area contributed by atoms with Gasteiger partial charge in [0.15, 0.2) is 25.0 Å². The number of hydrogen-bond acceptors (Lipinski definition) is 3. The van der Waals surface area contributed by atoms with Crippen LogP contribution in [0.2, 0.25) is 54.4 Å². The van der Waals surface area contributed by atoms with Crippen molar-refractivity contribution in [1.82, 2.24) is 0 Å². The van der Waals surface area contributed by atoms with E-state index < -0.39 is 25.0 Å². The Morgan fingerprint density at radius 2 is 1.18 bits per heavy atom. The summed E-state index contributed by atoms with van der Waals surface area (Å²) in [5, 5.41) is 0.387. The highest BCUT2D eigenvalue weighted by atomic mass is 28.4. The highest BCUT2D eigenvalue weighted by Gasteiger charge is 2.45. The van der Waals surface area contributed by atoms with Crippen LogP contribution in [0.1, 0.15) is 75.2 Å². The average Bonchev–Trinajstić information content (AvgIpc) is 2.60. The zero-order valence-electron chi connectivity index (χ0n) is 25.4. The summed E-state index contributed by atoms with van der Waals surface area (Å²) in [5.74, 6) is 3.01. The smallest absolute Gasteiger partial charge is 0.192 e. The Hall–Kier alpha value is -0.169. The molecule has 6 heteroatoms. The van der Waals surface area contributed by atoms with Crippen molar-refractivity contribution in [2.24, 2.45) is 5.92 Å². The van der Waals surface area contributed by atoms with E-state index in [0.717, 1.165) is 6.42 Å². The highest BCUT2D eigenvalue weighted by Crippen LogP contribution is 2.42. The van der Waals surface area contributed by atoms with Crippen molar-refractivity contribution in [3.05, 3.63) is 12.7 Å². The lowest BCUT2D eigenvalue weighted by molar-refractivity contribution is 0.0368. The quantitative estimate of drug-likeness (QED) is 0.144. The van der Waals surface area contributed by atoms with E-state index in [4.69, 9.17) is 19.7 Å². The average molecular weight is 527 g/mol. The van der Waals surface area contributed by atoms with Crippen LogP contribution in [-0.4, -0.2) is 43.8 Å². The zero-order valence-corrected chi connectivity index (χ0v) is 28.4. The van der Waals surface area contributed by atoms with E-state index >= 15 is 0 Å². The predicted octanol–water partition coefficient (Wildman–Crippen LogP) is 9.00. The van der Waals surface area contributed by atoms with Crippen LogP contribution in [0.5, 0.6) is 0 Å². The molecule has 0 amide bonds. The first-order valence-corrected chi connectivity index (χ1v) is 21.7. The molecule has 3 nitrogen and oxygen atoms in total. The third kappa shape index (κ3) is 9.37. The lowest BCUT2D eigenvalue weighted by Crippen LogP contribution is -2.51. The molecule has 3 atom stereocenters. The second kappa shape index (κ2) is 11.9. The van der Waals surface area contributed by atoms with Gasteiger partial charge in [0.25, 0.3) is 0 Å².